The van der Waals surface area contributed by atoms with Crippen LogP contribution in [0.1, 0.15) is 12.8 Å². The molecular formula is C15H18N2O. The van der Waals surface area contributed by atoms with E-state index >= 15 is 0 Å². The fourth-order valence-corrected chi connectivity index (χ4v) is 2.43. The van der Waals surface area contributed by atoms with Crippen molar-refractivity contribution in [2.75, 3.05) is 19.7 Å². The minimum absolute atomic E-state index is 0.645. The summed E-state index contributed by atoms with van der Waals surface area (Å²) in [6.45, 7) is 3.04. The number of nitrogens with one attached hydrogen (secondary N) is 1. The van der Waals surface area contributed by atoms with Gasteiger partial charge in [0.1, 0.15) is 5.75 Å². The van der Waals surface area contributed by atoms with E-state index in [1.807, 2.05) is 24.5 Å². The van der Waals surface area contributed by atoms with Gasteiger partial charge in [-0.2, -0.15) is 0 Å². The highest BCUT2D eigenvalue weighted by atomic mass is 16.5. The molecule has 0 saturated carbocycles. The maximum Gasteiger partial charge on any atom is 0.119 e. The van der Waals surface area contributed by atoms with E-state index in [-0.39, 0.29) is 0 Å². The van der Waals surface area contributed by atoms with Crippen LogP contribution in [-0.4, -0.2) is 24.7 Å². The Balaban J connectivity index is 1.66. The van der Waals surface area contributed by atoms with Gasteiger partial charge < -0.3 is 10.1 Å². The van der Waals surface area contributed by atoms with Crippen LogP contribution in [0.25, 0.3) is 10.8 Å². The first-order chi connectivity index (χ1) is 8.92. The van der Waals surface area contributed by atoms with Crippen LogP contribution < -0.4 is 10.1 Å². The van der Waals surface area contributed by atoms with Gasteiger partial charge in [0, 0.05) is 30.2 Å². The normalized spacial score (nSPS) is 19.9. The zero-order valence-electron chi connectivity index (χ0n) is 10.4. The Bertz CT molecular complexity index is 521. The average molecular weight is 242 g/mol. The van der Waals surface area contributed by atoms with Crippen LogP contribution in [0.2, 0.25) is 0 Å². The van der Waals surface area contributed by atoms with E-state index in [0.717, 1.165) is 30.8 Å². The van der Waals surface area contributed by atoms with Crippen molar-refractivity contribution < 1.29 is 4.74 Å². The largest absolute Gasteiger partial charge is 0.493 e. The molecule has 1 aromatic carbocycles. The second-order valence-electron chi connectivity index (χ2n) is 4.91. The third kappa shape index (κ3) is 2.62. The standard InChI is InChI=1S/C15H18N2O/c1-2-12(9-16-6-1)11-18-15-4-3-14-10-17-7-5-13(14)8-15/h3-5,7-8,10,12,16H,1-2,6,9,11H2/t12-/m1/s1. The van der Waals surface area contributed by atoms with Gasteiger partial charge in [-0.1, -0.05) is 0 Å². The number of fused-ring (bicyclic) bond motifs is 1. The average Bonchev–Trinajstić information content (AvgIpc) is 2.46. The van der Waals surface area contributed by atoms with E-state index in [0.29, 0.717) is 5.92 Å². The van der Waals surface area contributed by atoms with Crippen LogP contribution in [-0.2, 0) is 0 Å². The molecule has 0 aliphatic carbocycles. The van der Waals surface area contributed by atoms with Gasteiger partial charge in [-0.15, -0.1) is 0 Å². The maximum atomic E-state index is 5.89. The Hall–Kier alpha value is -1.61. The van der Waals surface area contributed by atoms with Crippen LogP contribution in [0.4, 0.5) is 0 Å². The molecule has 1 aliphatic heterocycles. The maximum absolute atomic E-state index is 5.89. The first-order valence-electron chi connectivity index (χ1n) is 6.59. The predicted molar refractivity (Wildman–Crippen MR) is 72.8 cm³/mol. The number of pyridine rings is 1. The van der Waals surface area contributed by atoms with Crippen molar-refractivity contribution in [2.45, 2.75) is 12.8 Å². The smallest absolute Gasteiger partial charge is 0.119 e. The van der Waals surface area contributed by atoms with Crippen molar-refractivity contribution >= 4 is 10.8 Å². The summed E-state index contributed by atoms with van der Waals surface area (Å²) in [7, 11) is 0. The summed E-state index contributed by atoms with van der Waals surface area (Å²) in [6.07, 6.45) is 6.23. The molecule has 1 N–H and O–H groups in total. The van der Waals surface area contributed by atoms with E-state index in [9.17, 15) is 0 Å². The zero-order valence-corrected chi connectivity index (χ0v) is 10.4. The van der Waals surface area contributed by atoms with Crippen molar-refractivity contribution in [2.24, 2.45) is 5.92 Å². The number of benzene rings is 1. The number of hydrogen-bond donors (Lipinski definition) is 1. The van der Waals surface area contributed by atoms with E-state index < -0.39 is 0 Å². The van der Waals surface area contributed by atoms with E-state index in [1.54, 1.807) is 0 Å². The molecule has 3 nitrogen and oxygen atoms in total. The molecule has 0 amide bonds. The Labute approximate surface area is 107 Å². The number of rotatable bonds is 3. The number of aromatic nitrogens is 1. The van der Waals surface area contributed by atoms with Crippen molar-refractivity contribution in [1.82, 2.24) is 10.3 Å². The van der Waals surface area contributed by atoms with Crippen LogP contribution in [0, 0.1) is 5.92 Å². The van der Waals surface area contributed by atoms with E-state index in [4.69, 9.17) is 4.74 Å². The fraction of sp³-hybridized carbons (Fsp3) is 0.400. The van der Waals surface area contributed by atoms with Gasteiger partial charge in [0.15, 0.2) is 0 Å². The summed E-state index contributed by atoms with van der Waals surface area (Å²) in [4.78, 5) is 4.11. The van der Waals surface area contributed by atoms with Crippen LogP contribution in [0.15, 0.2) is 36.7 Å². The lowest BCUT2D eigenvalue weighted by atomic mass is 10.0. The van der Waals surface area contributed by atoms with E-state index in [2.05, 4.69) is 22.4 Å². The minimum atomic E-state index is 0.645. The number of ether oxygens (including phenoxy) is 1. The van der Waals surface area contributed by atoms with Gasteiger partial charge in [0.05, 0.1) is 6.61 Å². The highest BCUT2D eigenvalue weighted by molar-refractivity contribution is 5.82. The van der Waals surface area contributed by atoms with Gasteiger partial charge in [-0.3, -0.25) is 4.98 Å². The number of hydrogen-bond acceptors (Lipinski definition) is 3. The van der Waals surface area contributed by atoms with Crippen molar-refractivity contribution in [3.8, 4) is 5.75 Å². The summed E-state index contributed by atoms with van der Waals surface area (Å²) < 4.78 is 5.89. The van der Waals surface area contributed by atoms with Gasteiger partial charge in [0.25, 0.3) is 0 Å². The highest BCUT2D eigenvalue weighted by Crippen LogP contribution is 2.21. The van der Waals surface area contributed by atoms with E-state index in [1.165, 1.54) is 18.2 Å². The molecule has 0 unspecified atom stereocenters. The van der Waals surface area contributed by atoms with Gasteiger partial charge in [-0.25, -0.2) is 0 Å². The van der Waals surface area contributed by atoms with Gasteiger partial charge >= 0.3 is 0 Å². The Morgan fingerprint density at radius 3 is 3.17 bits per heavy atom. The molecule has 0 radical (unpaired) electrons. The third-order valence-electron chi connectivity index (χ3n) is 3.50. The number of piperidine rings is 1. The lowest BCUT2D eigenvalue weighted by Crippen LogP contribution is -2.33. The summed E-state index contributed by atoms with van der Waals surface area (Å²) in [5, 5.41) is 5.75. The molecule has 1 aromatic heterocycles. The van der Waals surface area contributed by atoms with Crippen molar-refractivity contribution in [1.29, 1.82) is 0 Å². The highest BCUT2D eigenvalue weighted by Gasteiger charge is 2.13. The van der Waals surface area contributed by atoms with Crippen molar-refractivity contribution in [3.63, 3.8) is 0 Å². The summed E-state index contributed by atoms with van der Waals surface area (Å²) in [6, 6.07) is 8.20. The summed E-state index contributed by atoms with van der Waals surface area (Å²) >= 11 is 0. The SMILES string of the molecule is c1cc2cc(OC[C@@H]3CCCNC3)ccc2cn1. The van der Waals surface area contributed by atoms with Crippen LogP contribution >= 0.6 is 0 Å². The van der Waals surface area contributed by atoms with Gasteiger partial charge in [0.2, 0.25) is 0 Å². The molecular weight excluding hydrogens is 224 g/mol. The Morgan fingerprint density at radius 1 is 1.28 bits per heavy atom. The molecule has 3 rings (SSSR count). The van der Waals surface area contributed by atoms with Crippen molar-refractivity contribution in [3.05, 3.63) is 36.7 Å². The summed E-state index contributed by atoms with van der Waals surface area (Å²) in [5.41, 5.74) is 0. The quantitative estimate of drug-likeness (QED) is 0.898. The molecule has 2 aromatic rings. The Morgan fingerprint density at radius 2 is 2.28 bits per heavy atom. The fourth-order valence-electron chi connectivity index (χ4n) is 2.43. The van der Waals surface area contributed by atoms with Gasteiger partial charge in [-0.05, 0) is 49.0 Å². The second-order valence-corrected chi connectivity index (χ2v) is 4.91. The first-order valence-corrected chi connectivity index (χ1v) is 6.59. The molecule has 0 bridgehead atoms. The molecule has 1 aliphatic rings. The lowest BCUT2D eigenvalue weighted by Gasteiger charge is -2.22. The lowest BCUT2D eigenvalue weighted by molar-refractivity contribution is 0.218. The Kier molecular flexibility index (Phi) is 3.42. The monoisotopic (exact) mass is 242 g/mol. The molecule has 94 valence electrons. The molecule has 1 atom stereocenters. The molecule has 3 heteroatoms. The predicted octanol–water partition coefficient (Wildman–Crippen LogP) is 2.61. The molecule has 1 fully saturated rings. The number of nitrogens with zero attached hydrogens (tertiary/aromatic N) is 1. The molecule has 2 heterocycles. The zero-order chi connectivity index (χ0) is 12.2. The first kappa shape index (κ1) is 11.5. The summed E-state index contributed by atoms with van der Waals surface area (Å²) in [5.74, 6) is 1.60. The molecule has 1 saturated heterocycles. The second kappa shape index (κ2) is 5.36. The topological polar surface area (TPSA) is 34.1 Å². The molecule has 0 spiro atoms. The molecule has 18 heavy (non-hydrogen) atoms. The van der Waals surface area contributed by atoms with Crippen LogP contribution in [0.3, 0.4) is 0 Å². The third-order valence-corrected chi connectivity index (χ3v) is 3.50. The van der Waals surface area contributed by atoms with Crippen LogP contribution in [0.5, 0.6) is 5.75 Å². The minimum Gasteiger partial charge on any atom is -0.493 e.